The number of nitrogens with one attached hydrogen (secondary N) is 2. The lowest BCUT2D eigenvalue weighted by molar-refractivity contribution is -0.117. The van der Waals surface area contributed by atoms with Crippen LogP contribution in [-0.2, 0) is 17.8 Å². The monoisotopic (exact) mass is 365 g/mol. The summed E-state index contributed by atoms with van der Waals surface area (Å²) in [7, 11) is 0. The number of rotatable bonds is 6. The lowest BCUT2D eigenvalue weighted by Gasteiger charge is -2.17. The summed E-state index contributed by atoms with van der Waals surface area (Å²) in [4.78, 5) is 25.8. The first-order chi connectivity index (χ1) is 13.1. The van der Waals surface area contributed by atoms with Gasteiger partial charge in [0.1, 0.15) is 0 Å². The zero-order chi connectivity index (χ0) is 19.2. The lowest BCUT2D eigenvalue weighted by atomic mass is 10.1. The Morgan fingerprint density at radius 3 is 2.33 bits per heavy atom. The van der Waals surface area contributed by atoms with Crippen LogP contribution in [0.2, 0.25) is 0 Å². The molecule has 1 unspecified atom stereocenters. The second-order valence-corrected chi connectivity index (χ2v) is 6.96. The molecule has 5 heteroatoms. The Morgan fingerprint density at radius 2 is 1.74 bits per heavy atom. The van der Waals surface area contributed by atoms with E-state index < -0.39 is 0 Å². The van der Waals surface area contributed by atoms with E-state index in [0.717, 1.165) is 36.2 Å². The Balaban J connectivity index is 1.48. The second kappa shape index (κ2) is 8.71. The summed E-state index contributed by atoms with van der Waals surface area (Å²) < 4.78 is 0. The van der Waals surface area contributed by atoms with E-state index in [-0.39, 0.29) is 18.0 Å². The summed E-state index contributed by atoms with van der Waals surface area (Å²) in [5, 5.41) is 5.85. The van der Waals surface area contributed by atoms with Crippen LogP contribution in [0, 0.1) is 0 Å². The zero-order valence-corrected chi connectivity index (χ0v) is 16.0. The average Bonchev–Trinajstić information content (AvgIpc) is 3.12. The summed E-state index contributed by atoms with van der Waals surface area (Å²) in [6, 6.07) is 15.8. The van der Waals surface area contributed by atoms with Crippen LogP contribution in [0.15, 0.2) is 48.5 Å². The summed E-state index contributed by atoms with van der Waals surface area (Å²) >= 11 is 0. The fourth-order valence-electron chi connectivity index (χ4n) is 3.27. The van der Waals surface area contributed by atoms with Crippen molar-refractivity contribution in [3.05, 3.63) is 65.2 Å². The number of hydrogen-bond donors (Lipinski definition) is 2. The molecule has 0 radical (unpaired) electrons. The minimum absolute atomic E-state index is 0.0561. The molecule has 1 aliphatic heterocycles. The van der Waals surface area contributed by atoms with Gasteiger partial charge in [-0.1, -0.05) is 43.3 Å². The predicted octanol–water partition coefficient (Wildman–Crippen LogP) is 3.94. The molecule has 1 heterocycles. The number of hydrogen-bond acceptors (Lipinski definition) is 2. The van der Waals surface area contributed by atoms with Gasteiger partial charge in [0.05, 0.1) is 6.04 Å². The number of amides is 3. The van der Waals surface area contributed by atoms with E-state index in [2.05, 4.69) is 41.8 Å². The SMILES string of the molecule is CCc1ccc(C(C)NC(=O)NCc2ccc(N3CCCC3=O)cc2)cc1. The molecule has 0 bridgehead atoms. The van der Waals surface area contributed by atoms with E-state index in [0.29, 0.717) is 13.0 Å². The number of benzene rings is 2. The van der Waals surface area contributed by atoms with Crippen molar-refractivity contribution < 1.29 is 9.59 Å². The van der Waals surface area contributed by atoms with E-state index in [1.165, 1.54) is 5.56 Å². The third kappa shape index (κ3) is 4.88. The molecular formula is C22H27N3O2. The Labute approximate surface area is 160 Å². The van der Waals surface area contributed by atoms with Crippen molar-refractivity contribution in [1.82, 2.24) is 10.6 Å². The molecule has 2 aromatic rings. The number of urea groups is 1. The maximum absolute atomic E-state index is 12.2. The molecule has 0 aromatic heterocycles. The van der Waals surface area contributed by atoms with Gasteiger partial charge < -0.3 is 15.5 Å². The average molecular weight is 365 g/mol. The smallest absolute Gasteiger partial charge is 0.315 e. The summed E-state index contributed by atoms with van der Waals surface area (Å²) in [5.74, 6) is 0.182. The van der Waals surface area contributed by atoms with Gasteiger partial charge in [-0.2, -0.15) is 0 Å². The maximum Gasteiger partial charge on any atom is 0.315 e. The summed E-state index contributed by atoms with van der Waals surface area (Å²) in [6.45, 7) is 5.33. The molecular weight excluding hydrogens is 338 g/mol. The largest absolute Gasteiger partial charge is 0.334 e. The Hall–Kier alpha value is -2.82. The number of nitrogens with zero attached hydrogens (tertiary/aromatic N) is 1. The first kappa shape index (κ1) is 19.0. The first-order valence-electron chi connectivity index (χ1n) is 9.59. The van der Waals surface area contributed by atoms with Crippen LogP contribution >= 0.6 is 0 Å². The molecule has 142 valence electrons. The van der Waals surface area contributed by atoms with Crippen LogP contribution in [0.5, 0.6) is 0 Å². The van der Waals surface area contributed by atoms with Crippen LogP contribution in [0.25, 0.3) is 0 Å². The van der Waals surface area contributed by atoms with E-state index in [9.17, 15) is 9.59 Å². The molecule has 1 aliphatic rings. The van der Waals surface area contributed by atoms with Crippen molar-refractivity contribution in [3.63, 3.8) is 0 Å². The molecule has 3 amide bonds. The Kier molecular flexibility index (Phi) is 6.12. The van der Waals surface area contributed by atoms with Crippen molar-refractivity contribution in [2.24, 2.45) is 0 Å². The fourth-order valence-corrected chi connectivity index (χ4v) is 3.27. The van der Waals surface area contributed by atoms with Crippen molar-refractivity contribution >= 4 is 17.6 Å². The molecule has 0 saturated carbocycles. The van der Waals surface area contributed by atoms with E-state index in [4.69, 9.17) is 0 Å². The normalized spacial score (nSPS) is 14.9. The molecule has 2 aromatic carbocycles. The van der Waals surface area contributed by atoms with Crippen molar-refractivity contribution in [3.8, 4) is 0 Å². The van der Waals surface area contributed by atoms with E-state index in [1.807, 2.05) is 36.1 Å². The fraction of sp³-hybridized carbons (Fsp3) is 0.364. The number of aryl methyl sites for hydroxylation is 1. The predicted molar refractivity (Wildman–Crippen MR) is 108 cm³/mol. The van der Waals surface area contributed by atoms with E-state index in [1.54, 1.807) is 0 Å². The minimum atomic E-state index is -0.194. The van der Waals surface area contributed by atoms with Crippen molar-refractivity contribution in [2.45, 2.75) is 45.7 Å². The lowest BCUT2D eigenvalue weighted by Crippen LogP contribution is -2.36. The standard InChI is InChI=1S/C22H27N3O2/c1-3-17-6-10-19(11-7-17)16(2)24-22(27)23-15-18-8-12-20(13-9-18)25-14-4-5-21(25)26/h6-13,16H,3-5,14-15H2,1-2H3,(H2,23,24,27). The van der Waals surface area contributed by atoms with Gasteiger partial charge in [0, 0.05) is 25.2 Å². The molecule has 3 rings (SSSR count). The topological polar surface area (TPSA) is 61.4 Å². The van der Waals surface area contributed by atoms with Crippen molar-refractivity contribution in [1.29, 1.82) is 0 Å². The van der Waals surface area contributed by atoms with Crippen molar-refractivity contribution in [2.75, 3.05) is 11.4 Å². The van der Waals surface area contributed by atoms with Gasteiger partial charge in [0.25, 0.3) is 0 Å². The van der Waals surface area contributed by atoms with Gasteiger partial charge in [0.15, 0.2) is 0 Å². The molecule has 5 nitrogen and oxygen atoms in total. The van der Waals surface area contributed by atoms with E-state index >= 15 is 0 Å². The molecule has 1 saturated heterocycles. The molecule has 0 aliphatic carbocycles. The minimum Gasteiger partial charge on any atom is -0.334 e. The zero-order valence-electron chi connectivity index (χ0n) is 16.0. The summed E-state index contributed by atoms with van der Waals surface area (Å²) in [5.41, 5.74) is 4.30. The Morgan fingerprint density at radius 1 is 1.07 bits per heavy atom. The third-order valence-electron chi connectivity index (χ3n) is 5.01. The van der Waals surface area contributed by atoms with Crippen LogP contribution in [0.4, 0.5) is 10.5 Å². The molecule has 0 spiro atoms. The van der Waals surface area contributed by atoms with Gasteiger partial charge in [0.2, 0.25) is 5.91 Å². The number of anilines is 1. The number of carbonyl (C=O) groups is 2. The number of carbonyl (C=O) groups excluding carboxylic acids is 2. The highest BCUT2D eigenvalue weighted by atomic mass is 16.2. The highest BCUT2D eigenvalue weighted by Gasteiger charge is 2.21. The second-order valence-electron chi connectivity index (χ2n) is 6.96. The van der Waals surface area contributed by atoms with Gasteiger partial charge >= 0.3 is 6.03 Å². The maximum atomic E-state index is 12.2. The van der Waals surface area contributed by atoms with Gasteiger partial charge in [-0.3, -0.25) is 4.79 Å². The quantitative estimate of drug-likeness (QED) is 0.815. The Bertz CT molecular complexity index is 784. The first-order valence-corrected chi connectivity index (χ1v) is 9.59. The van der Waals surface area contributed by atoms with Crippen LogP contribution in [-0.4, -0.2) is 18.5 Å². The summed E-state index contributed by atoms with van der Waals surface area (Å²) in [6.07, 6.45) is 2.55. The highest BCUT2D eigenvalue weighted by molar-refractivity contribution is 5.95. The van der Waals surface area contributed by atoms with Gasteiger partial charge in [-0.05, 0) is 48.6 Å². The van der Waals surface area contributed by atoms with Crippen LogP contribution in [0.1, 0.15) is 49.4 Å². The molecule has 1 atom stereocenters. The molecule has 2 N–H and O–H groups in total. The molecule has 1 fully saturated rings. The molecule has 27 heavy (non-hydrogen) atoms. The van der Waals surface area contributed by atoms with Gasteiger partial charge in [-0.15, -0.1) is 0 Å². The van der Waals surface area contributed by atoms with Gasteiger partial charge in [-0.25, -0.2) is 4.79 Å². The highest BCUT2D eigenvalue weighted by Crippen LogP contribution is 2.21. The third-order valence-corrected chi connectivity index (χ3v) is 5.01. The van der Waals surface area contributed by atoms with Crippen LogP contribution < -0.4 is 15.5 Å². The van der Waals surface area contributed by atoms with Crippen LogP contribution in [0.3, 0.4) is 0 Å².